The fourth-order valence-electron chi connectivity index (χ4n) is 0.348. The van der Waals surface area contributed by atoms with Gasteiger partial charge in [-0.15, -0.1) is 0 Å². The van der Waals surface area contributed by atoms with E-state index in [2.05, 4.69) is 5.32 Å². The Bertz CT molecular complexity index is 67.3. The molecule has 0 aromatic rings. The van der Waals surface area contributed by atoms with Gasteiger partial charge < -0.3 is 5.32 Å². The molecule has 1 rings (SSSR count). The van der Waals surface area contributed by atoms with Crippen molar-refractivity contribution in [1.29, 1.82) is 0 Å². The van der Waals surface area contributed by atoms with Crippen molar-refractivity contribution in [2.45, 2.75) is 0 Å². The number of rotatable bonds is 0. The summed E-state index contributed by atoms with van der Waals surface area (Å²) < 4.78 is 0.954. The molecule has 0 spiro atoms. The summed E-state index contributed by atoms with van der Waals surface area (Å²) >= 11 is 6.49. The van der Waals surface area contributed by atoms with Gasteiger partial charge in [-0.3, -0.25) is 0 Å². The molecule has 1 aliphatic heterocycles. The summed E-state index contributed by atoms with van der Waals surface area (Å²) in [5.41, 5.74) is 0. The van der Waals surface area contributed by atoms with Crippen LogP contribution in [-0.4, -0.2) is 16.6 Å². The summed E-state index contributed by atoms with van der Waals surface area (Å²) in [5.74, 6) is 1.15. The predicted molar refractivity (Wildman–Crippen MR) is 33.1 cm³/mol. The molecule has 1 fully saturated rings. The first-order valence-corrected chi connectivity index (χ1v) is 3.19. The maximum atomic E-state index is 4.77. The van der Waals surface area contributed by atoms with E-state index in [0.717, 1.165) is 16.6 Å². The van der Waals surface area contributed by atoms with Crippen LogP contribution in [0.5, 0.6) is 0 Å². The fourth-order valence-corrected chi connectivity index (χ4v) is 1.29. The molecule has 1 N–H and O–H groups in total. The Balaban J connectivity index is 0.000000360. The van der Waals surface area contributed by atoms with Gasteiger partial charge >= 0.3 is 0 Å². The number of thioether (sulfide) groups is 1. The molecule has 4 heteroatoms. The van der Waals surface area contributed by atoms with E-state index in [1.807, 2.05) is 0 Å². The van der Waals surface area contributed by atoms with Crippen molar-refractivity contribution in [3.8, 4) is 0 Å². The van der Waals surface area contributed by atoms with E-state index in [1.165, 1.54) is 0 Å². The van der Waals surface area contributed by atoms with Crippen LogP contribution >= 0.6 is 24.0 Å². The van der Waals surface area contributed by atoms with Gasteiger partial charge in [0, 0.05) is 34.7 Å². The Hall–Kier alpha value is 0.980. The van der Waals surface area contributed by atoms with Gasteiger partial charge in [0.15, 0.2) is 0 Å². The van der Waals surface area contributed by atoms with Gasteiger partial charge in [-0.2, -0.15) is 0 Å². The number of nitrogens with one attached hydrogen (secondary N) is 1. The second-order valence-corrected chi connectivity index (χ2v) is 2.83. The average Bonchev–Trinajstić information content (AvgIpc) is 1.86. The summed E-state index contributed by atoms with van der Waals surface area (Å²) in [5, 5.41) is 3.01. The van der Waals surface area contributed by atoms with Crippen LogP contribution in [0, 0.1) is 0 Å². The first kappa shape index (κ1) is 7.98. The molecule has 0 atom stereocenters. The summed E-state index contributed by atoms with van der Waals surface area (Å²) in [6.07, 6.45) is 0. The minimum Gasteiger partial charge on any atom is -0.370 e. The molecule has 1 aliphatic rings. The minimum atomic E-state index is 0. The SMILES string of the molecule is S=C1NCCS1.[Ag]. The second kappa shape index (κ2) is 3.92. The van der Waals surface area contributed by atoms with E-state index in [0.29, 0.717) is 0 Å². The van der Waals surface area contributed by atoms with Crippen molar-refractivity contribution in [2.75, 3.05) is 12.3 Å². The van der Waals surface area contributed by atoms with Gasteiger partial charge in [-0.25, -0.2) is 0 Å². The summed E-state index contributed by atoms with van der Waals surface area (Å²) in [6, 6.07) is 0. The Kier molecular flexibility index (Phi) is 4.47. The van der Waals surface area contributed by atoms with E-state index >= 15 is 0 Å². The molecule has 1 heterocycles. The molecule has 45 valence electrons. The van der Waals surface area contributed by atoms with E-state index in [1.54, 1.807) is 11.8 Å². The minimum absolute atomic E-state index is 0. The molecule has 0 aromatic heterocycles. The van der Waals surface area contributed by atoms with Crippen LogP contribution in [0.2, 0.25) is 0 Å². The van der Waals surface area contributed by atoms with E-state index < -0.39 is 0 Å². The van der Waals surface area contributed by atoms with Crippen molar-refractivity contribution >= 4 is 28.3 Å². The predicted octanol–water partition coefficient (Wildman–Crippen LogP) is 0.605. The van der Waals surface area contributed by atoms with Gasteiger partial charge in [0.2, 0.25) is 0 Å². The van der Waals surface area contributed by atoms with Gasteiger partial charge in [-0.1, -0.05) is 24.0 Å². The van der Waals surface area contributed by atoms with Crippen LogP contribution in [0.3, 0.4) is 0 Å². The van der Waals surface area contributed by atoms with Crippen LogP contribution in [0.25, 0.3) is 0 Å². The zero-order valence-corrected chi connectivity index (χ0v) is 6.65. The third kappa shape index (κ3) is 2.72. The van der Waals surface area contributed by atoms with E-state index in [-0.39, 0.29) is 22.4 Å². The van der Waals surface area contributed by atoms with Gasteiger partial charge in [0.1, 0.15) is 4.32 Å². The van der Waals surface area contributed by atoms with E-state index in [4.69, 9.17) is 12.2 Å². The monoisotopic (exact) mass is 226 g/mol. The third-order valence-electron chi connectivity index (χ3n) is 0.605. The molecule has 7 heavy (non-hydrogen) atoms. The van der Waals surface area contributed by atoms with Crippen molar-refractivity contribution in [2.24, 2.45) is 0 Å². The largest absolute Gasteiger partial charge is 0.370 e. The number of hydrogen-bond acceptors (Lipinski definition) is 2. The maximum Gasteiger partial charge on any atom is 0.133 e. The topological polar surface area (TPSA) is 12.0 Å². The molecule has 0 amide bonds. The van der Waals surface area contributed by atoms with Crippen molar-refractivity contribution < 1.29 is 22.4 Å². The molecule has 0 saturated carbocycles. The Labute approximate surface area is 68.1 Å². The summed E-state index contributed by atoms with van der Waals surface area (Å²) in [7, 11) is 0. The molecule has 1 nitrogen and oxygen atoms in total. The van der Waals surface area contributed by atoms with Gasteiger partial charge in [0.05, 0.1) is 0 Å². The molecule has 0 aromatic carbocycles. The Morgan fingerprint density at radius 1 is 1.71 bits per heavy atom. The molecule has 0 aliphatic carbocycles. The first-order chi connectivity index (χ1) is 2.89. The van der Waals surface area contributed by atoms with Gasteiger partial charge in [0.25, 0.3) is 0 Å². The summed E-state index contributed by atoms with van der Waals surface area (Å²) in [4.78, 5) is 0. The van der Waals surface area contributed by atoms with Crippen LogP contribution in [0.15, 0.2) is 0 Å². The molecule has 1 saturated heterocycles. The third-order valence-corrected chi connectivity index (χ3v) is 1.92. The van der Waals surface area contributed by atoms with Crippen LogP contribution in [0.1, 0.15) is 0 Å². The smallest absolute Gasteiger partial charge is 0.133 e. The number of thiocarbonyl (C=S) groups is 1. The Morgan fingerprint density at radius 3 is 2.57 bits per heavy atom. The van der Waals surface area contributed by atoms with Crippen molar-refractivity contribution in [1.82, 2.24) is 5.32 Å². The fraction of sp³-hybridized carbons (Fsp3) is 0.667. The second-order valence-electron chi connectivity index (χ2n) is 1.06. The normalized spacial score (nSPS) is 18.0. The summed E-state index contributed by atoms with van der Waals surface area (Å²) in [6.45, 7) is 1.06. The molecule has 1 radical (unpaired) electrons. The van der Waals surface area contributed by atoms with Crippen LogP contribution < -0.4 is 5.32 Å². The zero-order chi connectivity index (χ0) is 4.41. The maximum absolute atomic E-state index is 4.77. The number of hydrogen-bond donors (Lipinski definition) is 1. The first-order valence-electron chi connectivity index (χ1n) is 1.80. The molecular formula is C3H5AgNS2. The van der Waals surface area contributed by atoms with Crippen molar-refractivity contribution in [3.05, 3.63) is 0 Å². The van der Waals surface area contributed by atoms with Crippen LogP contribution in [-0.2, 0) is 22.4 Å². The van der Waals surface area contributed by atoms with E-state index in [9.17, 15) is 0 Å². The average molecular weight is 227 g/mol. The Morgan fingerprint density at radius 2 is 2.43 bits per heavy atom. The molecule has 0 bridgehead atoms. The molecular weight excluding hydrogens is 222 g/mol. The van der Waals surface area contributed by atoms with Crippen LogP contribution in [0.4, 0.5) is 0 Å². The quantitative estimate of drug-likeness (QED) is 0.481. The zero-order valence-electron chi connectivity index (χ0n) is 3.53. The molecule has 0 unspecified atom stereocenters. The standard InChI is InChI=1S/C3H5NS2.Ag/c5-3-4-1-2-6-3;/h1-2H2,(H,4,5);. The van der Waals surface area contributed by atoms with Crippen molar-refractivity contribution in [3.63, 3.8) is 0 Å². The van der Waals surface area contributed by atoms with Gasteiger partial charge in [-0.05, 0) is 0 Å².